The van der Waals surface area contributed by atoms with Gasteiger partial charge < -0.3 is 9.64 Å². The number of para-hydroxylation sites is 1. The van der Waals surface area contributed by atoms with Crippen LogP contribution in [0, 0.1) is 0 Å². The SMILES string of the molecule is c1ccc(-c2ccc(N(c3ccc(-c4ccccc4)cc3)c3ccc(-c4ccc5c(c4)-c4ccccc4-c4cccc(-c6nc(-c7ccccc7)nc(-c7ccccc7)n6)c4O5)cc3)cc2)cc1. The van der Waals surface area contributed by atoms with Crippen LogP contribution in [0.3, 0.4) is 0 Å². The topological polar surface area (TPSA) is 51.1 Å². The minimum atomic E-state index is 0.542. The standard InChI is InChI=1S/C63H42N4O/c1-5-16-43(17-6-1)45-28-35-51(36-29-45)67(52-37-30-46(31-38-52)44-18-7-2-8-19-44)53-39-32-47(33-40-53)50-34-41-59-58(42-50)55-25-14-13-24-54(55)56-26-15-27-57(60(56)68-59)63-65-61(48-20-9-3-10-21-48)64-62(66-63)49-22-11-4-12-23-49/h1-42H. The summed E-state index contributed by atoms with van der Waals surface area (Å²) in [5.41, 5.74) is 16.9. The van der Waals surface area contributed by atoms with Gasteiger partial charge in [-0.25, -0.2) is 15.0 Å². The molecule has 12 rings (SSSR count). The largest absolute Gasteiger partial charge is 0.455 e. The first-order valence-corrected chi connectivity index (χ1v) is 22.8. The Bertz CT molecular complexity index is 3400. The Morgan fingerprint density at radius 2 is 0.603 bits per heavy atom. The molecule has 1 aromatic heterocycles. The van der Waals surface area contributed by atoms with Crippen LogP contribution in [-0.4, -0.2) is 15.0 Å². The maximum Gasteiger partial charge on any atom is 0.167 e. The average Bonchev–Trinajstić information content (AvgIpc) is 3.57. The quantitative estimate of drug-likeness (QED) is 0.145. The second-order valence-electron chi connectivity index (χ2n) is 16.8. The third-order valence-electron chi connectivity index (χ3n) is 12.6. The molecule has 0 amide bonds. The van der Waals surface area contributed by atoms with Gasteiger partial charge in [0.15, 0.2) is 17.5 Å². The van der Waals surface area contributed by atoms with Crippen LogP contribution in [0.1, 0.15) is 0 Å². The number of benzene rings is 10. The molecule has 0 radical (unpaired) electrons. The molecule has 320 valence electrons. The fourth-order valence-corrected chi connectivity index (χ4v) is 9.15. The molecule has 68 heavy (non-hydrogen) atoms. The van der Waals surface area contributed by atoms with Crippen LogP contribution in [0.15, 0.2) is 255 Å². The van der Waals surface area contributed by atoms with Crippen molar-refractivity contribution in [2.24, 2.45) is 0 Å². The molecule has 0 bridgehead atoms. The van der Waals surface area contributed by atoms with Crippen molar-refractivity contribution in [1.29, 1.82) is 0 Å². The zero-order chi connectivity index (χ0) is 45.2. The number of nitrogens with zero attached hydrogens (tertiary/aromatic N) is 4. The molecule has 0 saturated heterocycles. The molecule has 0 unspecified atom stereocenters. The molecule has 1 aliphatic heterocycles. The van der Waals surface area contributed by atoms with E-state index in [1.807, 2.05) is 66.7 Å². The van der Waals surface area contributed by atoms with Gasteiger partial charge in [0.1, 0.15) is 11.5 Å². The number of hydrogen-bond donors (Lipinski definition) is 0. The van der Waals surface area contributed by atoms with E-state index < -0.39 is 0 Å². The summed E-state index contributed by atoms with van der Waals surface area (Å²) in [5, 5.41) is 0. The van der Waals surface area contributed by atoms with Gasteiger partial charge >= 0.3 is 0 Å². The first-order chi connectivity index (χ1) is 33.7. The van der Waals surface area contributed by atoms with Crippen molar-refractivity contribution in [3.05, 3.63) is 255 Å². The molecular weight excluding hydrogens is 829 g/mol. The highest BCUT2D eigenvalue weighted by Gasteiger charge is 2.26. The average molecular weight is 871 g/mol. The smallest absolute Gasteiger partial charge is 0.167 e. The Morgan fingerprint density at radius 1 is 0.250 bits per heavy atom. The summed E-state index contributed by atoms with van der Waals surface area (Å²) in [7, 11) is 0. The number of ether oxygens (including phenoxy) is 1. The molecule has 2 heterocycles. The number of rotatable bonds is 9. The van der Waals surface area contributed by atoms with Crippen LogP contribution in [0.25, 0.3) is 89.8 Å². The molecule has 0 spiro atoms. The monoisotopic (exact) mass is 870 g/mol. The van der Waals surface area contributed by atoms with E-state index in [-0.39, 0.29) is 0 Å². The zero-order valence-electron chi connectivity index (χ0n) is 36.9. The van der Waals surface area contributed by atoms with Crippen molar-refractivity contribution >= 4 is 17.1 Å². The predicted molar refractivity (Wildman–Crippen MR) is 278 cm³/mol. The van der Waals surface area contributed by atoms with Gasteiger partial charge in [-0.1, -0.05) is 200 Å². The van der Waals surface area contributed by atoms with Gasteiger partial charge in [0, 0.05) is 39.3 Å². The minimum absolute atomic E-state index is 0.542. The van der Waals surface area contributed by atoms with E-state index in [2.05, 4.69) is 193 Å². The van der Waals surface area contributed by atoms with Gasteiger partial charge in [-0.2, -0.15) is 0 Å². The molecule has 0 aliphatic carbocycles. The lowest BCUT2D eigenvalue weighted by Crippen LogP contribution is -2.09. The van der Waals surface area contributed by atoms with Crippen LogP contribution in [0.2, 0.25) is 0 Å². The van der Waals surface area contributed by atoms with E-state index in [0.717, 1.165) is 72.9 Å². The number of anilines is 3. The number of aromatic nitrogens is 3. The van der Waals surface area contributed by atoms with E-state index in [9.17, 15) is 0 Å². The van der Waals surface area contributed by atoms with Gasteiger partial charge in [0.25, 0.3) is 0 Å². The van der Waals surface area contributed by atoms with Gasteiger partial charge in [0.2, 0.25) is 0 Å². The number of hydrogen-bond acceptors (Lipinski definition) is 5. The lowest BCUT2D eigenvalue weighted by Gasteiger charge is -2.26. The van der Waals surface area contributed by atoms with Crippen LogP contribution in [0.4, 0.5) is 17.1 Å². The highest BCUT2D eigenvalue weighted by Crippen LogP contribution is 2.51. The zero-order valence-corrected chi connectivity index (χ0v) is 36.9. The Hall–Kier alpha value is -9.19. The minimum Gasteiger partial charge on any atom is -0.455 e. The normalized spacial score (nSPS) is 11.4. The van der Waals surface area contributed by atoms with Crippen molar-refractivity contribution < 1.29 is 4.74 Å². The third kappa shape index (κ3) is 7.78. The number of fused-ring (bicyclic) bond motifs is 5. The lowest BCUT2D eigenvalue weighted by molar-refractivity contribution is 0.489. The highest BCUT2D eigenvalue weighted by atomic mass is 16.5. The van der Waals surface area contributed by atoms with E-state index >= 15 is 0 Å². The van der Waals surface area contributed by atoms with Crippen LogP contribution in [0.5, 0.6) is 11.5 Å². The second kappa shape index (κ2) is 17.7. The Balaban J connectivity index is 0.915. The van der Waals surface area contributed by atoms with Crippen molar-refractivity contribution in [2.75, 3.05) is 4.90 Å². The summed E-state index contributed by atoms with van der Waals surface area (Å²) >= 11 is 0. The van der Waals surface area contributed by atoms with E-state index in [1.165, 1.54) is 22.3 Å². The summed E-state index contributed by atoms with van der Waals surface area (Å²) in [5.74, 6) is 3.20. The predicted octanol–water partition coefficient (Wildman–Crippen LogP) is 16.8. The van der Waals surface area contributed by atoms with Gasteiger partial charge in [0.05, 0.1) is 5.56 Å². The summed E-state index contributed by atoms with van der Waals surface area (Å²) in [4.78, 5) is 17.4. The molecule has 0 saturated carbocycles. The van der Waals surface area contributed by atoms with Crippen molar-refractivity contribution in [1.82, 2.24) is 15.0 Å². The summed E-state index contributed by atoms with van der Waals surface area (Å²) < 4.78 is 7.07. The first-order valence-electron chi connectivity index (χ1n) is 22.8. The summed E-state index contributed by atoms with van der Waals surface area (Å²) in [6, 6.07) is 88.9. The Labute approximate surface area is 396 Å². The van der Waals surface area contributed by atoms with Crippen LogP contribution in [-0.2, 0) is 0 Å². The molecule has 0 N–H and O–H groups in total. The highest BCUT2D eigenvalue weighted by molar-refractivity contribution is 5.95. The molecule has 11 aromatic rings. The van der Waals surface area contributed by atoms with Gasteiger partial charge in [-0.05, 0) is 99.1 Å². The fourth-order valence-electron chi connectivity index (χ4n) is 9.15. The summed E-state index contributed by atoms with van der Waals surface area (Å²) in [6.45, 7) is 0. The second-order valence-corrected chi connectivity index (χ2v) is 16.8. The lowest BCUT2D eigenvalue weighted by atomic mass is 9.92. The molecule has 0 fully saturated rings. The van der Waals surface area contributed by atoms with Crippen molar-refractivity contribution in [3.63, 3.8) is 0 Å². The fraction of sp³-hybridized carbons (Fsp3) is 0. The van der Waals surface area contributed by atoms with Crippen molar-refractivity contribution in [2.45, 2.75) is 0 Å². The molecule has 1 aliphatic rings. The Morgan fingerprint density at radius 3 is 1.09 bits per heavy atom. The Kier molecular flexibility index (Phi) is 10.5. The van der Waals surface area contributed by atoms with Crippen molar-refractivity contribution in [3.8, 4) is 101 Å². The van der Waals surface area contributed by atoms with E-state index in [1.54, 1.807) is 0 Å². The molecular formula is C63H42N4O. The molecule has 5 nitrogen and oxygen atoms in total. The summed E-state index contributed by atoms with van der Waals surface area (Å²) in [6.07, 6.45) is 0. The molecule has 10 aromatic carbocycles. The maximum atomic E-state index is 7.07. The van der Waals surface area contributed by atoms with Gasteiger partial charge in [-0.3, -0.25) is 0 Å². The maximum absolute atomic E-state index is 7.07. The first kappa shape index (κ1) is 40.3. The third-order valence-corrected chi connectivity index (χ3v) is 12.6. The van der Waals surface area contributed by atoms with Crippen LogP contribution < -0.4 is 9.64 Å². The van der Waals surface area contributed by atoms with Gasteiger partial charge in [-0.15, -0.1) is 0 Å². The molecule has 0 atom stereocenters. The van der Waals surface area contributed by atoms with E-state index in [4.69, 9.17) is 19.7 Å². The van der Waals surface area contributed by atoms with E-state index in [0.29, 0.717) is 23.2 Å². The molecule has 5 heteroatoms. The van der Waals surface area contributed by atoms with Crippen LogP contribution >= 0.6 is 0 Å².